The number of nitrogens with one attached hydrogen (secondary N) is 2. The summed E-state index contributed by atoms with van der Waals surface area (Å²) in [6, 6.07) is 7.36. The highest BCUT2D eigenvalue weighted by Crippen LogP contribution is 2.19. The Balaban J connectivity index is 1.71. The molecule has 2 amide bonds. The number of amides is 2. The van der Waals surface area contributed by atoms with Crippen LogP contribution in [0.3, 0.4) is 0 Å². The summed E-state index contributed by atoms with van der Waals surface area (Å²) >= 11 is 0. The third-order valence-electron chi connectivity index (χ3n) is 4.70. The van der Waals surface area contributed by atoms with Gasteiger partial charge in [0.2, 0.25) is 0 Å². The number of hydrogen-bond acceptors (Lipinski definition) is 4. The summed E-state index contributed by atoms with van der Waals surface area (Å²) in [6.07, 6.45) is 7.98. The molecule has 0 aromatic heterocycles. The lowest BCUT2D eigenvalue weighted by molar-refractivity contribution is -0.139. The number of rotatable bonds is 8. The van der Waals surface area contributed by atoms with Crippen LogP contribution in [0.2, 0.25) is 0 Å². The smallest absolute Gasteiger partial charge is 0.309 e. The summed E-state index contributed by atoms with van der Waals surface area (Å²) in [5.41, 5.74) is 1.11. The lowest BCUT2D eigenvalue weighted by atomic mass is 9.96. The fourth-order valence-corrected chi connectivity index (χ4v) is 3.15. The molecular weight excluding hydrogens is 344 g/mol. The van der Waals surface area contributed by atoms with E-state index >= 15 is 0 Å². The van der Waals surface area contributed by atoms with Crippen molar-refractivity contribution >= 4 is 11.8 Å². The zero-order valence-corrected chi connectivity index (χ0v) is 16.2. The standard InChI is InChI=1S/C21H30N2O4/c1-21(26,14-17-8-10-18(27-2)11-9-17)15-23-20(25)19(24)22-13-12-16-6-4-3-5-7-16/h6,8-11,26H,3-5,7,12-15H2,1-2H3,(H,22,24)(H,23,25)/t21-/m0/s1. The second-order valence-electron chi connectivity index (χ2n) is 7.32. The Labute approximate surface area is 161 Å². The van der Waals surface area contributed by atoms with Crippen molar-refractivity contribution in [2.75, 3.05) is 20.2 Å². The Morgan fingerprint density at radius 3 is 2.48 bits per heavy atom. The van der Waals surface area contributed by atoms with E-state index in [-0.39, 0.29) is 6.54 Å². The first-order valence-electron chi connectivity index (χ1n) is 9.49. The molecule has 0 saturated carbocycles. The fraction of sp³-hybridized carbons (Fsp3) is 0.524. The number of hydrogen-bond donors (Lipinski definition) is 3. The minimum Gasteiger partial charge on any atom is -0.497 e. The monoisotopic (exact) mass is 374 g/mol. The Kier molecular flexibility index (Phi) is 7.85. The SMILES string of the molecule is COc1ccc(C[C@](C)(O)CNC(=O)C(=O)NCCC2=CCCCC2)cc1. The predicted octanol–water partition coefficient (Wildman–Crippen LogP) is 2.11. The molecule has 27 heavy (non-hydrogen) atoms. The van der Waals surface area contributed by atoms with E-state index in [9.17, 15) is 14.7 Å². The van der Waals surface area contributed by atoms with Gasteiger partial charge in [0.1, 0.15) is 5.75 Å². The van der Waals surface area contributed by atoms with E-state index in [0.717, 1.165) is 30.6 Å². The molecule has 0 unspecified atom stereocenters. The van der Waals surface area contributed by atoms with Gasteiger partial charge >= 0.3 is 11.8 Å². The molecule has 0 heterocycles. The third kappa shape index (κ3) is 7.43. The molecule has 1 aromatic carbocycles. The molecule has 0 fully saturated rings. The molecule has 0 bridgehead atoms. The molecule has 6 nitrogen and oxygen atoms in total. The van der Waals surface area contributed by atoms with E-state index in [1.54, 1.807) is 14.0 Å². The highest BCUT2D eigenvalue weighted by Gasteiger charge is 2.23. The van der Waals surface area contributed by atoms with Crippen LogP contribution in [0.4, 0.5) is 0 Å². The van der Waals surface area contributed by atoms with Gasteiger partial charge in [-0.25, -0.2) is 0 Å². The molecule has 0 radical (unpaired) electrons. The minimum absolute atomic E-state index is 0.00354. The van der Waals surface area contributed by atoms with E-state index in [4.69, 9.17) is 4.74 Å². The van der Waals surface area contributed by atoms with Crippen LogP contribution in [0.1, 0.15) is 44.6 Å². The molecule has 1 atom stereocenters. The Morgan fingerprint density at radius 1 is 1.15 bits per heavy atom. The molecular formula is C21H30N2O4. The summed E-state index contributed by atoms with van der Waals surface area (Å²) in [4.78, 5) is 23.8. The van der Waals surface area contributed by atoms with Gasteiger partial charge < -0.3 is 20.5 Å². The lowest BCUT2D eigenvalue weighted by Crippen LogP contribution is -2.47. The maximum Gasteiger partial charge on any atom is 0.309 e. The van der Waals surface area contributed by atoms with Crippen molar-refractivity contribution in [1.29, 1.82) is 0 Å². The summed E-state index contributed by atoms with van der Waals surface area (Å²) in [5, 5.41) is 15.6. The van der Waals surface area contributed by atoms with Crippen molar-refractivity contribution in [3.05, 3.63) is 41.5 Å². The lowest BCUT2D eigenvalue weighted by Gasteiger charge is -2.23. The molecule has 0 aliphatic heterocycles. The maximum absolute atomic E-state index is 11.9. The number of ether oxygens (including phenoxy) is 1. The van der Waals surface area contributed by atoms with Crippen molar-refractivity contribution < 1.29 is 19.4 Å². The average Bonchev–Trinajstić information content (AvgIpc) is 2.67. The fourth-order valence-electron chi connectivity index (χ4n) is 3.15. The van der Waals surface area contributed by atoms with Crippen LogP contribution in [-0.2, 0) is 16.0 Å². The van der Waals surface area contributed by atoms with Crippen molar-refractivity contribution in [3.8, 4) is 5.75 Å². The van der Waals surface area contributed by atoms with Gasteiger partial charge in [-0.2, -0.15) is 0 Å². The Bertz CT molecular complexity index is 665. The van der Waals surface area contributed by atoms with Crippen molar-refractivity contribution in [2.24, 2.45) is 0 Å². The molecule has 3 N–H and O–H groups in total. The molecule has 1 aliphatic rings. The summed E-state index contributed by atoms with van der Waals surface area (Å²) in [7, 11) is 1.60. The van der Waals surface area contributed by atoms with Gasteiger partial charge in [0.05, 0.1) is 12.7 Å². The Morgan fingerprint density at radius 2 is 1.85 bits per heavy atom. The van der Waals surface area contributed by atoms with Crippen LogP contribution in [-0.4, -0.2) is 42.7 Å². The number of carbonyl (C=O) groups excluding carboxylic acids is 2. The molecule has 1 aromatic rings. The number of methoxy groups -OCH3 is 1. The van der Waals surface area contributed by atoms with Crippen LogP contribution in [0.15, 0.2) is 35.9 Å². The van der Waals surface area contributed by atoms with E-state index in [0.29, 0.717) is 13.0 Å². The van der Waals surface area contributed by atoms with Gasteiger partial charge in [-0.05, 0) is 56.7 Å². The molecule has 0 saturated heterocycles. The van der Waals surface area contributed by atoms with Crippen LogP contribution in [0.25, 0.3) is 0 Å². The highest BCUT2D eigenvalue weighted by molar-refractivity contribution is 6.35. The minimum atomic E-state index is -1.16. The van der Waals surface area contributed by atoms with E-state index < -0.39 is 17.4 Å². The van der Waals surface area contributed by atoms with Crippen LogP contribution >= 0.6 is 0 Å². The molecule has 1 aliphatic carbocycles. The number of carbonyl (C=O) groups is 2. The topological polar surface area (TPSA) is 87.7 Å². The van der Waals surface area contributed by atoms with Gasteiger partial charge in [-0.1, -0.05) is 23.8 Å². The van der Waals surface area contributed by atoms with E-state index in [1.807, 2.05) is 24.3 Å². The number of benzene rings is 1. The molecule has 0 spiro atoms. The van der Waals surface area contributed by atoms with Crippen molar-refractivity contribution in [3.63, 3.8) is 0 Å². The quantitative estimate of drug-likeness (QED) is 0.480. The van der Waals surface area contributed by atoms with E-state index in [1.165, 1.54) is 18.4 Å². The van der Waals surface area contributed by atoms with Gasteiger partial charge in [0, 0.05) is 19.5 Å². The first-order valence-corrected chi connectivity index (χ1v) is 9.49. The van der Waals surface area contributed by atoms with Crippen LogP contribution < -0.4 is 15.4 Å². The average molecular weight is 374 g/mol. The number of aliphatic hydroxyl groups is 1. The van der Waals surface area contributed by atoms with Gasteiger partial charge in [0.25, 0.3) is 0 Å². The van der Waals surface area contributed by atoms with Crippen LogP contribution in [0.5, 0.6) is 5.75 Å². The highest BCUT2D eigenvalue weighted by atomic mass is 16.5. The summed E-state index contributed by atoms with van der Waals surface area (Å²) in [6.45, 7) is 2.09. The first kappa shape index (κ1) is 21.0. The molecule has 6 heteroatoms. The van der Waals surface area contributed by atoms with Crippen molar-refractivity contribution in [1.82, 2.24) is 10.6 Å². The first-order chi connectivity index (χ1) is 12.9. The largest absolute Gasteiger partial charge is 0.497 e. The predicted molar refractivity (Wildman–Crippen MR) is 105 cm³/mol. The second kappa shape index (κ2) is 10.1. The van der Waals surface area contributed by atoms with Gasteiger partial charge in [-0.3, -0.25) is 9.59 Å². The number of allylic oxidation sites excluding steroid dienone is 1. The zero-order chi connectivity index (χ0) is 19.7. The van der Waals surface area contributed by atoms with Gasteiger partial charge in [-0.15, -0.1) is 0 Å². The van der Waals surface area contributed by atoms with E-state index in [2.05, 4.69) is 16.7 Å². The molecule has 2 rings (SSSR count). The maximum atomic E-state index is 11.9. The molecule has 148 valence electrons. The summed E-state index contributed by atoms with van der Waals surface area (Å²) < 4.78 is 5.11. The van der Waals surface area contributed by atoms with Crippen LogP contribution in [0, 0.1) is 0 Å². The Hall–Kier alpha value is -2.34. The summed E-state index contributed by atoms with van der Waals surface area (Å²) in [5.74, 6) is -0.637. The third-order valence-corrected chi connectivity index (χ3v) is 4.70. The zero-order valence-electron chi connectivity index (χ0n) is 16.2. The second-order valence-corrected chi connectivity index (χ2v) is 7.32. The van der Waals surface area contributed by atoms with Crippen molar-refractivity contribution in [2.45, 2.75) is 51.0 Å². The van der Waals surface area contributed by atoms with Gasteiger partial charge in [0.15, 0.2) is 0 Å². The normalized spacial score (nSPS) is 16.0.